The third-order valence-corrected chi connectivity index (χ3v) is 7.03. The summed E-state index contributed by atoms with van der Waals surface area (Å²) < 4.78 is 72.7. The molecule has 11 heteroatoms. The van der Waals surface area contributed by atoms with Gasteiger partial charge in [-0.05, 0) is 48.9 Å². The molecule has 0 atom stereocenters. The number of para-hydroxylation sites is 1. The summed E-state index contributed by atoms with van der Waals surface area (Å²) in [6.07, 6.45) is -4.74. The number of carbonyl (C=O) groups excluding carboxylic acids is 1. The predicted molar refractivity (Wildman–Crippen MR) is 127 cm³/mol. The van der Waals surface area contributed by atoms with E-state index in [9.17, 15) is 26.4 Å². The van der Waals surface area contributed by atoms with Gasteiger partial charge in [-0.25, -0.2) is 8.42 Å². The monoisotopic (exact) mass is 526 g/mol. The quantitative estimate of drug-likeness (QED) is 0.396. The van der Waals surface area contributed by atoms with Crippen molar-refractivity contribution in [2.24, 2.45) is 0 Å². The molecule has 3 aromatic carbocycles. The molecule has 186 valence electrons. The van der Waals surface area contributed by atoms with Crippen molar-refractivity contribution in [3.05, 3.63) is 88.9 Å². The number of carbonyl (C=O) groups is 1. The zero-order chi connectivity index (χ0) is 25.6. The standard InChI is InChI=1S/C24H22ClF3N2O4S/c1-17-7-5-6-10-22(17)34-14-13-29-23(31)16-30(35(32,33)19-8-3-2-4-9-19)21-15-18(24(26,27)28)11-12-20(21)25/h2-12,15H,13-14,16H2,1H3,(H,29,31). The molecule has 1 amide bonds. The number of hydrogen-bond acceptors (Lipinski definition) is 4. The average molecular weight is 527 g/mol. The van der Waals surface area contributed by atoms with Gasteiger partial charge < -0.3 is 10.1 Å². The van der Waals surface area contributed by atoms with Gasteiger partial charge in [0.15, 0.2) is 0 Å². The maximum atomic E-state index is 13.3. The van der Waals surface area contributed by atoms with E-state index in [1.54, 1.807) is 18.2 Å². The second-order valence-corrected chi connectivity index (χ2v) is 9.72. The van der Waals surface area contributed by atoms with E-state index in [1.807, 2.05) is 19.1 Å². The molecule has 0 aliphatic carbocycles. The Labute approximate surface area is 206 Å². The van der Waals surface area contributed by atoms with Gasteiger partial charge in [0, 0.05) is 0 Å². The Morgan fingerprint density at radius 1 is 1.03 bits per heavy atom. The van der Waals surface area contributed by atoms with Crippen LogP contribution in [0, 0.1) is 6.92 Å². The van der Waals surface area contributed by atoms with E-state index in [2.05, 4.69) is 5.32 Å². The lowest BCUT2D eigenvalue weighted by molar-refractivity contribution is -0.137. The number of ether oxygens (including phenoxy) is 1. The molecule has 6 nitrogen and oxygen atoms in total. The molecule has 0 bridgehead atoms. The zero-order valence-electron chi connectivity index (χ0n) is 18.5. The maximum absolute atomic E-state index is 13.3. The van der Waals surface area contributed by atoms with Crippen molar-refractivity contribution in [2.45, 2.75) is 18.0 Å². The zero-order valence-corrected chi connectivity index (χ0v) is 20.1. The van der Waals surface area contributed by atoms with Crippen LogP contribution in [0.3, 0.4) is 0 Å². The minimum Gasteiger partial charge on any atom is -0.491 e. The number of benzene rings is 3. The van der Waals surface area contributed by atoms with Gasteiger partial charge in [0.25, 0.3) is 10.0 Å². The topological polar surface area (TPSA) is 75.7 Å². The minimum absolute atomic E-state index is 0.0444. The Hall–Kier alpha value is -3.24. The third-order valence-electron chi connectivity index (χ3n) is 4.94. The summed E-state index contributed by atoms with van der Waals surface area (Å²) in [6.45, 7) is 1.22. The normalized spacial score (nSPS) is 11.7. The third kappa shape index (κ3) is 6.67. The molecule has 35 heavy (non-hydrogen) atoms. The van der Waals surface area contributed by atoms with Gasteiger partial charge in [-0.1, -0.05) is 48.0 Å². The number of amides is 1. The molecule has 3 aromatic rings. The van der Waals surface area contributed by atoms with Gasteiger partial charge in [0.05, 0.1) is 27.7 Å². The van der Waals surface area contributed by atoms with Crippen LogP contribution in [-0.4, -0.2) is 34.0 Å². The van der Waals surface area contributed by atoms with Crippen LogP contribution in [0.5, 0.6) is 5.75 Å². The Balaban J connectivity index is 1.83. The lowest BCUT2D eigenvalue weighted by Gasteiger charge is -2.26. The van der Waals surface area contributed by atoms with Crippen molar-refractivity contribution in [2.75, 3.05) is 24.0 Å². The highest BCUT2D eigenvalue weighted by atomic mass is 35.5. The summed E-state index contributed by atoms with van der Waals surface area (Å²) in [5.74, 6) is -0.114. The van der Waals surface area contributed by atoms with Crippen LogP contribution < -0.4 is 14.4 Å². The lowest BCUT2D eigenvalue weighted by atomic mass is 10.2. The lowest BCUT2D eigenvalue weighted by Crippen LogP contribution is -2.42. The number of aryl methyl sites for hydroxylation is 1. The summed E-state index contributed by atoms with van der Waals surface area (Å²) in [5.41, 5.74) is -0.660. The van der Waals surface area contributed by atoms with Crippen LogP contribution in [0.1, 0.15) is 11.1 Å². The highest BCUT2D eigenvalue weighted by Gasteiger charge is 2.34. The highest BCUT2D eigenvalue weighted by molar-refractivity contribution is 7.92. The molecule has 0 radical (unpaired) electrons. The molecule has 3 rings (SSSR count). The summed E-state index contributed by atoms with van der Waals surface area (Å²) in [6, 6.07) is 16.6. The maximum Gasteiger partial charge on any atom is 0.416 e. The largest absolute Gasteiger partial charge is 0.491 e. The van der Waals surface area contributed by atoms with Crippen LogP contribution in [0.15, 0.2) is 77.7 Å². The molecule has 0 unspecified atom stereocenters. The fraction of sp³-hybridized carbons (Fsp3) is 0.208. The number of hydrogen-bond donors (Lipinski definition) is 1. The van der Waals surface area contributed by atoms with E-state index in [0.29, 0.717) is 16.1 Å². The van der Waals surface area contributed by atoms with E-state index in [4.69, 9.17) is 16.3 Å². The number of alkyl halides is 3. The molecule has 1 N–H and O–H groups in total. The number of nitrogens with one attached hydrogen (secondary N) is 1. The molecule has 0 saturated carbocycles. The van der Waals surface area contributed by atoms with Gasteiger partial charge >= 0.3 is 6.18 Å². The molecule has 0 heterocycles. The minimum atomic E-state index is -4.74. The first-order chi connectivity index (χ1) is 16.5. The van der Waals surface area contributed by atoms with Crippen molar-refractivity contribution < 1.29 is 31.1 Å². The molecule has 0 spiro atoms. The summed E-state index contributed by atoms with van der Waals surface area (Å²) in [7, 11) is -4.42. The molecular formula is C24H22ClF3N2O4S. The van der Waals surface area contributed by atoms with E-state index < -0.39 is 39.9 Å². The van der Waals surface area contributed by atoms with Crippen LogP contribution in [0.4, 0.5) is 18.9 Å². The van der Waals surface area contributed by atoms with Gasteiger partial charge in [-0.2, -0.15) is 13.2 Å². The van der Waals surface area contributed by atoms with Crippen LogP contribution in [0.25, 0.3) is 0 Å². The first-order valence-electron chi connectivity index (χ1n) is 10.4. The predicted octanol–water partition coefficient (Wildman–Crippen LogP) is 5.06. The van der Waals surface area contributed by atoms with E-state index in [-0.39, 0.29) is 23.1 Å². The molecule has 0 saturated heterocycles. The van der Waals surface area contributed by atoms with Crippen molar-refractivity contribution in [3.63, 3.8) is 0 Å². The van der Waals surface area contributed by atoms with E-state index in [1.165, 1.54) is 24.3 Å². The van der Waals surface area contributed by atoms with Crippen LogP contribution >= 0.6 is 11.6 Å². The van der Waals surface area contributed by atoms with Crippen molar-refractivity contribution in [1.29, 1.82) is 0 Å². The first kappa shape index (κ1) is 26.4. The van der Waals surface area contributed by atoms with E-state index >= 15 is 0 Å². The van der Waals surface area contributed by atoms with Crippen molar-refractivity contribution >= 4 is 33.2 Å². The molecular weight excluding hydrogens is 505 g/mol. The smallest absolute Gasteiger partial charge is 0.416 e. The summed E-state index contributed by atoms with van der Waals surface area (Å²) in [5, 5.41) is 2.27. The fourth-order valence-corrected chi connectivity index (χ4v) is 4.88. The van der Waals surface area contributed by atoms with Crippen molar-refractivity contribution in [1.82, 2.24) is 5.32 Å². The number of anilines is 1. The Morgan fingerprint density at radius 2 is 1.69 bits per heavy atom. The molecule has 0 fully saturated rings. The van der Waals surface area contributed by atoms with Gasteiger partial charge in [0.1, 0.15) is 18.9 Å². The highest BCUT2D eigenvalue weighted by Crippen LogP contribution is 2.37. The number of sulfonamides is 1. The molecule has 0 aromatic heterocycles. The second-order valence-electron chi connectivity index (χ2n) is 7.45. The SMILES string of the molecule is Cc1ccccc1OCCNC(=O)CN(c1cc(C(F)(F)F)ccc1Cl)S(=O)(=O)c1ccccc1. The molecule has 0 aliphatic heterocycles. The van der Waals surface area contributed by atoms with Crippen LogP contribution in [0.2, 0.25) is 5.02 Å². The molecule has 0 aliphatic rings. The summed E-state index contributed by atoms with van der Waals surface area (Å²) >= 11 is 6.10. The van der Waals surface area contributed by atoms with Gasteiger partial charge in [-0.15, -0.1) is 0 Å². The number of nitrogens with zero attached hydrogens (tertiary/aromatic N) is 1. The second kappa shape index (κ2) is 11.0. The Kier molecular flexibility index (Phi) is 8.29. The number of rotatable bonds is 9. The van der Waals surface area contributed by atoms with Gasteiger partial charge in [-0.3, -0.25) is 9.10 Å². The Bertz CT molecular complexity index is 1290. The average Bonchev–Trinajstić information content (AvgIpc) is 2.81. The fourth-order valence-electron chi connectivity index (χ4n) is 3.16. The number of halogens is 4. The summed E-state index contributed by atoms with van der Waals surface area (Å²) in [4.78, 5) is 12.4. The van der Waals surface area contributed by atoms with Gasteiger partial charge in [0.2, 0.25) is 5.91 Å². The van der Waals surface area contributed by atoms with Crippen LogP contribution in [-0.2, 0) is 21.0 Å². The van der Waals surface area contributed by atoms with Crippen molar-refractivity contribution in [3.8, 4) is 5.75 Å². The first-order valence-corrected chi connectivity index (χ1v) is 12.2. The Morgan fingerprint density at radius 3 is 2.34 bits per heavy atom. The van der Waals surface area contributed by atoms with E-state index in [0.717, 1.165) is 17.7 Å².